The molecule has 7 nitrogen and oxygen atoms in total. The summed E-state index contributed by atoms with van der Waals surface area (Å²) in [5, 5.41) is 2.91. The molecule has 0 fully saturated rings. The zero-order chi connectivity index (χ0) is 25.8. The van der Waals surface area contributed by atoms with Crippen molar-refractivity contribution in [1.82, 2.24) is 4.98 Å². The number of rotatable bonds is 7. The quantitative estimate of drug-likeness (QED) is 0.468. The van der Waals surface area contributed by atoms with Crippen molar-refractivity contribution in [3.8, 4) is 11.5 Å². The standard InChI is InChI=1S/C30H29N3O4/c1-19-27(30(35)33-26-13-6-7-16-31-26)28(29-22(32-19)11-8-12-23(29)34)21-14-15-24(25(17-21)36-2)37-18-20-9-4-3-5-10-20/h3-7,9-10,13-17,27-28H,8,11-12,18H2,1-2H3,(H,31,33,35)/t27?,28-/m0/s1. The van der Waals surface area contributed by atoms with E-state index in [4.69, 9.17) is 14.5 Å². The first-order valence-corrected chi connectivity index (χ1v) is 12.4. The van der Waals surface area contributed by atoms with Gasteiger partial charge in [0.15, 0.2) is 17.3 Å². The topological polar surface area (TPSA) is 89.9 Å². The summed E-state index contributed by atoms with van der Waals surface area (Å²) in [4.78, 5) is 35.8. The van der Waals surface area contributed by atoms with Gasteiger partial charge in [0.25, 0.3) is 0 Å². The highest BCUT2D eigenvalue weighted by atomic mass is 16.5. The van der Waals surface area contributed by atoms with Crippen LogP contribution in [-0.4, -0.2) is 29.5 Å². The van der Waals surface area contributed by atoms with Gasteiger partial charge in [-0.2, -0.15) is 0 Å². The van der Waals surface area contributed by atoms with Crippen LogP contribution in [0, 0.1) is 5.92 Å². The first-order chi connectivity index (χ1) is 18.0. The van der Waals surface area contributed by atoms with Gasteiger partial charge >= 0.3 is 0 Å². The molecule has 1 aliphatic carbocycles. The van der Waals surface area contributed by atoms with E-state index in [9.17, 15) is 9.59 Å². The number of ether oxygens (including phenoxy) is 2. The smallest absolute Gasteiger partial charge is 0.235 e. The lowest BCUT2D eigenvalue weighted by Crippen LogP contribution is -2.39. The number of amides is 1. The van der Waals surface area contributed by atoms with Crippen molar-refractivity contribution in [2.75, 3.05) is 12.4 Å². The van der Waals surface area contributed by atoms with Crippen LogP contribution < -0.4 is 14.8 Å². The number of carbonyl (C=O) groups is 2. The molecule has 2 aromatic carbocycles. The van der Waals surface area contributed by atoms with Crippen LogP contribution >= 0.6 is 0 Å². The van der Waals surface area contributed by atoms with Gasteiger partial charge in [0.05, 0.1) is 13.0 Å². The summed E-state index contributed by atoms with van der Waals surface area (Å²) >= 11 is 0. The van der Waals surface area contributed by atoms with Crippen molar-refractivity contribution in [3.63, 3.8) is 0 Å². The lowest BCUT2D eigenvalue weighted by Gasteiger charge is -2.35. The number of pyridine rings is 1. The molecular weight excluding hydrogens is 466 g/mol. The molecule has 1 aliphatic heterocycles. The van der Waals surface area contributed by atoms with Crippen LogP contribution in [0.5, 0.6) is 11.5 Å². The van der Waals surface area contributed by atoms with Crippen molar-refractivity contribution in [3.05, 3.63) is 95.3 Å². The minimum atomic E-state index is -0.663. The minimum Gasteiger partial charge on any atom is -0.493 e. The molecule has 2 atom stereocenters. The van der Waals surface area contributed by atoms with Crippen molar-refractivity contribution in [2.45, 2.75) is 38.7 Å². The summed E-state index contributed by atoms with van der Waals surface area (Å²) in [5.41, 5.74) is 3.93. The van der Waals surface area contributed by atoms with E-state index in [1.165, 1.54) is 0 Å². The maximum atomic E-state index is 13.6. The number of nitrogens with one attached hydrogen (secondary N) is 1. The Bertz CT molecular complexity index is 1370. The Labute approximate surface area is 216 Å². The average Bonchev–Trinajstić information content (AvgIpc) is 2.92. The van der Waals surface area contributed by atoms with Crippen molar-refractivity contribution < 1.29 is 19.1 Å². The van der Waals surface area contributed by atoms with Crippen molar-refractivity contribution >= 4 is 23.2 Å². The number of anilines is 1. The summed E-state index contributed by atoms with van der Waals surface area (Å²) in [7, 11) is 1.59. The molecule has 1 N–H and O–H groups in total. The Morgan fingerprint density at radius 2 is 1.84 bits per heavy atom. The van der Waals surface area contributed by atoms with Gasteiger partial charge in [0.2, 0.25) is 5.91 Å². The molecule has 7 heteroatoms. The van der Waals surface area contributed by atoms with Gasteiger partial charge in [-0.1, -0.05) is 42.5 Å². The zero-order valence-electron chi connectivity index (χ0n) is 20.9. The first-order valence-electron chi connectivity index (χ1n) is 12.4. The number of aromatic nitrogens is 1. The molecule has 5 rings (SSSR count). The molecule has 0 saturated carbocycles. The maximum Gasteiger partial charge on any atom is 0.235 e. The molecule has 188 valence electrons. The molecule has 2 aliphatic rings. The number of nitrogens with zero attached hydrogens (tertiary/aromatic N) is 2. The SMILES string of the molecule is COc1cc([C@@H]2C3=C(CCCC3=O)N=C(C)C2C(=O)Nc2ccccn2)ccc1OCc1ccccc1. The number of ketones is 1. The number of benzene rings is 2. The Kier molecular flexibility index (Phi) is 7.12. The normalized spacial score (nSPS) is 19.1. The molecule has 1 amide bonds. The highest BCUT2D eigenvalue weighted by Crippen LogP contribution is 2.45. The van der Waals surface area contributed by atoms with Gasteiger partial charge in [-0.15, -0.1) is 0 Å². The van der Waals surface area contributed by atoms with E-state index in [0.717, 1.165) is 29.7 Å². The Morgan fingerprint density at radius 1 is 1.03 bits per heavy atom. The van der Waals surface area contributed by atoms with E-state index in [1.807, 2.05) is 61.5 Å². The molecule has 0 spiro atoms. The van der Waals surface area contributed by atoms with Crippen LogP contribution in [0.3, 0.4) is 0 Å². The second-order valence-corrected chi connectivity index (χ2v) is 9.23. The van der Waals surface area contributed by atoms with Gasteiger partial charge in [-0.05, 0) is 55.2 Å². The number of aliphatic imine (C=N–C) groups is 1. The van der Waals surface area contributed by atoms with Gasteiger partial charge < -0.3 is 14.8 Å². The number of hydrogen-bond donors (Lipinski definition) is 1. The largest absolute Gasteiger partial charge is 0.493 e. The highest BCUT2D eigenvalue weighted by molar-refractivity contribution is 6.13. The summed E-state index contributed by atoms with van der Waals surface area (Å²) in [6, 6.07) is 20.9. The molecule has 0 radical (unpaired) electrons. The first kappa shape index (κ1) is 24.4. The van der Waals surface area contributed by atoms with Crippen LogP contribution in [0.4, 0.5) is 5.82 Å². The predicted molar refractivity (Wildman–Crippen MR) is 142 cm³/mol. The third-order valence-corrected chi connectivity index (χ3v) is 6.82. The van der Waals surface area contributed by atoms with E-state index in [-0.39, 0.29) is 11.7 Å². The fourth-order valence-electron chi connectivity index (χ4n) is 5.08. The zero-order valence-corrected chi connectivity index (χ0v) is 20.9. The molecule has 3 aromatic rings. The predicted octanol–water partition coefficient (Wildman–Crippen LogP) is 5.49. The molecule has 0 saturated heterocycles. The van der Waals surface area contributed by atoms with Crippen LogP contribution in [0.15, 0.2) is 89.2 Å². The van der Waals surface area contributed by atoms with Crippen LogP contribution in [0.1, 0.15) is 43.2 Å². The van der Waals surface area contributed by atoms with Gasteiger partial charge in [-0.3, -0.25) is 14.6 Å². The summed E-state index contributed by atoms with van der Waals surface area (Å²) in [5.74, 6) is 0.235. The van der Waals surface area contributed by atoms with Gasteiger partial charge in [0, 0.05) is 35.5 Å². The van der Waals surface area contributed by atoms with E-state index in [1.54, 1.807) is 25.4 Å². The lowest BCUT2D eigenvalue weighted by molar-refractivity contribution is -0.119. The third-order valence-electron chi connectivity index (χ3n) is 6.82. The molecule has 0 bridgehead atoms. The number of Topliss-reactive ketones (excluding diaryl/α,β-unsaturated/α-hetero) is 1. The van der Waals surface area contributed by atoms with E-state index in [0.29, 0.717) is 41.6 Å². The third kappa shape index (κ3) is 5.16. The lowest BCUT2D eigenvalue weighted by atomic mass is 9.71. The maximum absolute atomic E-state index is 13.6. The Balaban J connectivity index is 1.51. The second-order valence-electron chi connectivity index (χ2n) is 9.23. The van der Waals surface area contributed by atoms with Crippen molar-refractivity contribution in [1.29, 1.82) is 0 Å². The Hall–Kier alpha value is -4.26. The molecule has 2 heterocycles. The van der Waals surface area contributed by atoms with Crippen LogP contribution in [-0.2, 0) is 16.2 Å². The fourth-order valence-corrected chi connectivity index (χ4v) is 5.08. The van der Waals surface area contributed by atoms with E-state index >= 15 is 0 Å². The van der Waals surface area contributed by atoms with E-state index < -0.39 is 11.8 Å². The monoisotopic (exact) mass is 495 g/mol. The summed E-state index contributed by atoms with van der Waals surface area (Å²) in [6.07, 6.45) is 3.56. The van der Waals surface area contributed by atoms with E-state index in [2.05, 4.69) is 10.3 Å². The molecule has 37 heavy (non-hydrogen) atoms. The number of carbonyl (C=O) groups excluding carboxylic acids is 2. The fraction of sp³-hybridized carbons (Fsp3) is 0.267. The number of hydrogen-bond acceptors (Lipinski definition) is 6. The number of allylic oxidation sites excluding steroid dienone is 2. The van der Waals surface area contributed by atoms with Crippen LogP contribution in [0.25, 0.3) is 0 Å². The van der Waals surface area contributed by atoms with Crippen LogP contribution in [0.2, 0.25) is 0 Å². The summed E-state index contributed by atoms with van der Waals surface area (Å²) in [6.45, 7) is 2.25. The minimum absolute atomic E-state index is 0.0431. The highest BCUT2D eigenvalue weighted by Gasteiger charge is 2.42. The van der Waals surface area contributed by atoms with Gasteiger partial charge in [0.1, 0.15) is 12.4 Å². The second kappa shape index (κ2) is 10.8. The molecule has 1 unspecified atom stereocenters. The summed E-state index contributed by atoms with van der Waals surface area (Å²) < 4.78 is 11.7. The average molecular weight is 496 g/mol. The molecule has 1 aromatic heterocycles. The number of methoxy groups -OCH3 is 1. The Morgan fingerprint density at radius 3 is 2.59 bits per heavy atom. The van der Waals surface area contributed by atoms with Crippen molar-refractivity contribution in [2.24, 2.45) is 10.9 Å². The van der Waals surface area contributed by atoms with Gasteiger partial charge in [-0.25, -0.2) is 4.98 Å². The molecular formula is C30H29N3O4.